The van der Waals surface area contributed by atoms with E-state index in [-0.39, 0.29) is 11.6 Å². The SMILES string of the molecule is CCN(C1CCCCC1)S(=O)(=O)c1cc(-c2nn(C)c(=O)c3c2CCCC3)ccc1C. The standard InChI is InChI=1S/C24H33N3O3S/c1-4-27(19-10-6-5-7-11-19)31(29,30)22-16-18(15-14-17(22)2)23-20-12-8-9-13-21(20)24(28)26(3)25-23/h14-16,19H,4-13H2,1-3H3. The molecule has 0 bridgehead atoms. The largest absolute Gasteiger partial charge is 0.269 e. The molecule has 0 spiro atoms. The van der Waals surface area contributed by atoms with E-state index >= 15 is 0 Å². The van der Waals surface area contributed by atoms with Crippen molar-refractivity contribution >= 4 is 10.0 Å². The van der Waals surface area contributed by atoms with Gasteiger partial charge in [-0.2, -0.15) is 9.40 Å². The minimum absolute atomic E-state index is 0.0344. The fourth-order valence-corrected chi connectivity index (χ4v) is 7.18. The Morgan fingerprint density at radius 2 is 1.74 bits per heavy atom. The number of hydrogen-bond acceptors (Lipinski definition) is 4. The lowest BCUT2D eigenvalue weighted by molar-refractivity contribution is 0.261. The first-order valence-corrected chi connectivity index (χ1v) is 13.0. The van der Waals surface area contributed by atoms with Crippen LogP contribution in [0.3, 0.4) is 0 Å². The molecule has 1 fully saturated rings. The predicted octanol–water partition coefficient (Wildman–Crippen LogP) is 3.98. The Morgan fingerprint density at radius 1 is 1.06 bits per heavy atom. The normalized spacial score (nSPS) is 17.7. The molecule has 0 atom stereocenters. The number of aromatic nitrogens is 2. The maximum Gasteiger partial charge on any atom is 0.269 e. The zero-order chi connectivity index (χ0) is 22.2. The van der Waals surface area contributed by atoms with Crippen molar-refractivity contribution in [3.63, 3.8) is 0 Å². The molecule has 7 heteroatoms. The summed E-state index contributed by atoms with van der Waals surface area (Å²) in [5.41, 5.74) is 4.05. The van der Waals surface area contributed by atoms with Crippen molar-refractivity contribution in [1.82, 2.24) is 14.1 Å². The summed E-state index contributed by atoms with van der Waals surface area (Å²) in [6.07, 6.45) is 8.83. The van der Waals surface area contributed by atoms with Crippen LogP contribution in [0.2, 0.25) is 0 Å². The number of hydrogen-bond donors (Lipinski definition) is 0. The molecule has 1 aromatic heterocycles. The van der Waals surface area contributed by atoms with Gasteiger partial charge >= 0.3 is 0 Å². The molecule has 31 heavy (non-hydrogen) atoms. The average molecular weight is 444 g/mol. The van der Waals surface area contributed by atoms with Gasteiger partial charge in [-0.05, 0) is 62.6 Å². The van der Waals surface area contributed by atoms with E-state index in [9.17, 15) is 13.2 Å². The quantitative estimate of drug-likeness (QED) is 0.701. The molecule has 1 saturated carbocycles. The monoisotopic (exact) mass is 443 g/mol. The number of rotatable bonds is 5. The van der Waals surface area contributed by atoms with Crippen molar-refractivity contribution in [2.45, 2.75) is 82.6 Å². The van der Waals surface area contributed by atoms with E-state index in [4.69, 9.17) is 0 Å². The lowest BCUT2D eigenvalue weighted by atomic mass is 9.89. The second kappa shape index (κ2) is 8.87. The van der Waals surface area contributed by atoms with E-state index in [2.05, 4.69) is 5.10 Å². The van der Waals surface area contributed by atoms with Crippen LogP contribution < -0.4 is 5.56 Å². The van der Waals surface area contributed by atoms with E-state index < -0.39 is 10.0 Å². The van der Waals surface area contributed by atoms with Crippen LogP contribution in [-0.4, -0.2) is 35.1 Å². The summed E-state index contributed by atoms with van der Waals surface area (Å²) in [4.78, 5) is 12.9. The number of sulfonamides is 1. The van der Waals surface area contributed by atoms with Crippen LogP contribution in [0.4, 0.5) is 0 Å². The first-order chi connectivity index (χ1) is 14.8. The van der Waals surface area contributed by atoms with Crippen molar-refractivity contribution in [3.05, 3.63) is 45.2 Å². The zero-order valence-corrected chi connectivity index (χ0v) is 19.7. The van der Waals surface area contributed by atoms with Gasteiger partial charge in [0.15, 0.2) is 0 Å². The van der Waals surface area contributed by atoms with Crippen molar-refractivity contribution < 1.29 is 8.42 Å². The van der Waals surface area contributed by atoms with Crippen LogP contribution in [0.1, 0.15) is 68.6 Å². The van der Waals surface area contributed by atoms with Gasteiger partial charge in [0.1, 0.15) is 0 Å². The highest BCUT2D eigenvalue weighted by molar-refractivity contribution is 7.89. The van der Waals surface area contributed by atoms with E-state index in [1.165, 1.54) is 11.1 Å². The Morgan fingerprint density at radius 3 is 2.42 bits per heavy atom. The second-order valence-corrected chi connectivity index (χ2v) is 10.8. The number of nitrogens with zero attached hydrogens (tertiary/aromatic N) is 3. The Hall–Kier alpha value is -1.99. The van der Waals surface area contributed by atoms with Crippen LogP contribution in [0.25, 0.3) is 11.3 Å². The third-order valence-corrected chi connectivity index (χ3v) is 9.07. The summed E-state index contributed by atoms with van der Waals surface area (Å²) in [7, 11) is -1.94. The highest BCUT2D eigenvalue weighted by Crippen LogP contribution is 2.33. The van der Waals surface area contributed by atoms with Crippen LogP contribution >= 0.6 is 0 Å². The smallest absolute Gasteiger partial charge is 0.268 e. The first-order valence-electron chi connectivity index (χ1n) is 11.6. The molecule has 1 aromatic carbocycles. The molecular formula is C24H33N3O3S. The molecule has 4 rings (SSSR count). The maximum atomic E-state index is 13.7. The molecule has 0 amide bonds. The van der Waals surface area contributed by atoms with Gasteiger partial charge < -0.3 is 0 Å². The van der Waals surface area contributed by atoms with Crippen molar-refractivity contribution in [2.75, 3.05) is 6.54 Å². The number of fused-ring (bicyclic) bond motifs is 1. The highest BCUT2D eigenvalue weighted by Gasteiger charge is 2.32. The minimum atomic E-state index is -3.61. The minimum Gasteiger partial charge on any atom is -0.268 e. The number of aryl methyl sites for hydroxylation is 2. The van der Waals surface area contributed by atoms with E-state index in [0.29, 0.717) is 11.4 Å². The third-order valence-electron chi connectivity index (χ3n) is 6.90. The maximum absolute atomic E-state index is 13.7. The summed E-state index contributed by atoms with van der Waals surface area (Å²) in [6, 6.07) is 5.67. The highest BCUT2D eigenvalue weighted by atomic mass is 32.2. The van der Waals surface area contributed by atoms with Crippen LogP contribution in [0.5, 0.6) is 0 Å². The molecule has 0 aliphatic heterocycles. The molecule has 0 saturated heterocycles. The molecule has 2 aromatic rings. The Kier molecular flexibility index (Phi) is 6.35. The lowest BCUT2D eigenvalue weighted by Gasteiger charge is -2.33. The van der Waals surface area contributed by atoms with E-state index in [0.717, 1.165) is 79.3 Å². The third kappa shape index (κ3) is 4.10. The summed E-state index contributed by atoms with van der Waals surface area (Å²) < 4.78 is 30.5. The topological polar surface area (TPSA) is 72.3 Å². The second-order valence-electron chi connectivity index (χ2n) is 8.92. The molecule has 2 aliphatic rings. The van der Waals surface area contributed by atoms with E-state index in [1.54, 1.807) is 17.4 Å². The van der Waals surface area contributed by atoms with Crippen molar-refractivity contribution in [1.29, 1.82) is 0 Å². The molecule has 6 nitrogen and oxygen atoms in total. The molecule has 2 aliphatic carbocycles. The predicted molar refractivity (Wildman–Crippen MR) is 123 cm³/mol. The first kappa shape index (κ1) is 22.2. The summed E-state index contributed by atoms with van der Waals surface area (Å²) in [6.45, 7) is 4.26. The van der Waals surface area contributed by atoms with Gasteiger partial charge in [0.05, 0.1) is 10.6 Å². The fraction of sp³-hybridized carbons (Fsp3) is 0.583. The summed E-state index contributed by atoms with van der Waals surface area (Å²) in [5, 5.41) is 4.56. The average Bonchev–Trinajstić information content (AvgIpc) is 2.77. The Bertz CT molecular complexity index is 1130. The summed E-state index contributed by atoms with van der Waals surface area (Å²) >= 11 is 0. The number of benzene rings is 1. The summed E-state index contributed by atoms with van der Waals surface area (Å²) in [5.74, 6) is 0. The van der Waals surface area contributed by atoms with Gasteiger partial charge in [0.2, 0.25) is 10.0 Å². The Labute approximate surface area is 185 Å². The lowest BCUT2D eigenvalue weighted by Crippen LogP contribution is -2.41. The molecule has 168 valence electrons. The molecule has 1 heterocycles. The molecule has 0 N–H and O–H groups in total. The van der Waals surface area contributed by atoms with Gasteiger partial charge in [-0.25, -0.2) is 13.1 Å². The fourth-order valence-electron chi connectivity index (χ4n) is 5.23. The van der Waals surface area contributed by atoms with Gasteiger partial charge in [-0.1, -0.05) is 38.3 Å². The van der Waals surface area contributed by atoms with Crippen LogP contribution in [0.15, 0.2) is 27.9 Å². The van der Waals surface area contributed by atoms with Gasteiger partial charge in [-0.3, -0.25) is 4.79 Å². The molecular weight excluding hydrogens is 410 g/mol. The van der Waals surface area contributed by atoms with Gasteiger partial charge in [-0.15, -0.1) is 0 Å². The molecule has 0 unspecified atom stereocenters. The van der Waals surface area contributed by atoms with Crippen LogP contribution in [-0.2, 0) is 29.9 Å². The molecule has 0 radical (unpaired) electrons. The van der Waals surface area contributed by atoms with Crippen molar-refractivity contribution in [2.24, 2.45) is 7.05 Å². The zero-order valence-electron chi connectivity index (χ0n) is 18.9. The van der Waals surface area contributed by atoms with Gasteiger partial charge in [0, 0.05) is 30.8 Å². The van der Waals surface area contributed by atoms with Crippen LogP contribution in [0, 0.1) is 6.92 Å². The Balaban J connectivity index is 1.81. The van der Waals surface area contributed by atoms with E-state index in [1.807, 2.05) is 26.0 Å². The van der Waals surface area contributed by atoms with Gasteiger partial charge in [0.25, 0.3) is 5.56 Å². The van der Waals surface area contributed by atoms with Crippen molar-refractivity contribution in [3.8, 4) is 11.3 Å².